The molecule has 0 spiro atoms. The fraction of sp³-hybridized carbons (Fsp3) is 0.440. The number of amides is 1. The molecule has 33 heavy (non-hydrogen) atoms. The summed E-state index contributed by atoms with van der Waals surface area (Å²) in [5.41, 5.74) is 2.65. The first-order valence-corrected chi connectivity index (χ1v) is 11.7. The van der Waals surface area contributed by atoms with Crippen molar-refractivity contribution in [3.8, 4) is 11.5 Å². The lowest BCUT2D eigenvalue weighted by Crippen LogP contribution is -2.32. The lowest BCUT2D eigenvalue weighted by molar-refractivity contribution is 0.102. The molecule has 1 N–H and O–H groups in total. The van der Waals surface area contributed by atoms with Gasteiger partial charge < -0.3 is 9.88 Å². The quantitative estimate of drug-likeness (QED) is 0.657. The van der Waals surface area contributed by atoms with Gasteiger partial charge in [0.1, 0.15) is 23.2 Å². The van der Waals surface area contributed by atoms with Gasteiger partial charge in [0.15, 0.2) is 5.82 Å². The van der Waals surface area contributed by atoms with Gasteiger partial charge in [0, 0.05) is 31.1 Å². The van der Waals surface area contributed by atoms with Gasteiger partial charge in [-0.3, -0.25) is 9.69 Å². The lowest BCUT2D eigenvalue weighted by atomic mass is 9.96. The van der Waals surface area contributed by atoms with Crippen LogP contribution in [-0.4, -0.2) is 43.1 Å². The molecule has 0 saturated heterocycles. The van der Waals surface area contributed by atoms with Gasteiger partial charge in [0.25, 0.3) is 5.91 Å². The van der Waals surface area contributed by atoms with Gasteiger partial charge in [0.05, 0.1) is 5.56 Å². The molecule has 0 atom stereocenters. The highest BCUT2D eigenvalue weighted by Crippen LogP contribution is 2.35. The number of hydrogen-bond donors (Lipinski definition) is 1. The summed E-state index contributed by atoms with van der Waals surface area (Å²) in [6.07, 6.45) is 5.17. The van der Waals surface area contributed by atoms with Gasteiger partial charge in [0.2, 0.25) is 0 Å². The first-order valence-electron chi connectivity index (χ1n) is 11.7. The molecule has 1 saturated carbocycles. The minimum absolute atomic E-state index is 0.0584. The summed E-state index contributed by atoms with van der Waals surface area (Å²) in [5, 5.41) is 11.4. The number of carbonyl (C=O) groups is 1. The first kappa shape index (κ1) is 20.5. The van der Waals surface area contributed by atoms with Gasteiger partial charge in [-0.05, 0) is 74.9 Å². The Balaban J connectivity index is 1.26. The minimum atomic E-state index is -0.490. The molecule has 3 aromatic rings. The summed E-state index contributed by atoms with van der Waals surface area (Å²) in [5.74, 6) is 1.02. The fourth-order valence-electron chi connectivity index (χ4n) is 5.15. The van der Waals surface area contributed by atoms with E-state index < -0.39 is 11.7 Å². The van der Waals surface area contributed by atoms with Crippen LogP contribution in [-0.2, 0) is 24.9 Å². The lowest BCUT2D eigenvalue weighted by Gasteiger charge is -2.29. The average Bonchev–Trinajstić information content (AvgIpc) is 3.47. The van der Waals surface area contributed by atoms with Crippen molar-refractivity contribution in [2.45, 2.75) is 64.1 Å². The summed E-state index contributed by atoms with van der Waals surface area (Å²) < 4.78 is 16.9. The predicted molar refractivity (Wildman–Crippen MR) is 122 cm³/mol. The summed E-state index contributed by atoms with van der Waals surface area (Å²) in [4.78, 5) is 20.0. The van der Waals surface area contributed by atoms with Crippen LogP contribution in [0.4, 0.5) is 10.2 Å². The van der Waals surface area contributed by atoms with E-state index in [4.69, 9.17) is 0 Å². The van der Waals surface area contributed by atoms with E-state index in [0.717, 1.165) is 49.3 Å². The van der Waals surface area contributed by atoms with Crippen molar-refractivity contribution in [3.63, 3.8) is 0 Å². The maximum absolute atomic E-state index is 14.8. The highest BCUT2D eigenvalue weighted by atomic mass is 19.1. The number of nitrogens with one attached hydrogen (secondary N) is 1. The molecule has 3 aliphatic rings. The summed E-state index contributed by atoms with van der Waals surface area (Å²) in [6.45, 7) is 6.06. The van der Waals surface area contributed by atoms with Gasteiger partial charge in [-0.15, -0.1) is 10.2 Å². The minimum Gasteiger partial charge on any atom is -0.306 e. The van der Waals surface area contributed by atoms with E-state index in [9.17, 15) is 9.18 Å². The predicted octanol–water partition coefficient (Wildman–Crippen LogP) is 3.93. The number of fused-ring (bicyclic) bond motifs is 2. The Morgan fingerprint density at radius 3 is 2.82 bits per heavy atom. The zero-order chi connectivity index (χ0) is 22.7. The molecule has 4 heterocycles. The Kier molecular flexibility index (Phi) is 4.62. The second-order valence-electron chi connectivity index (χ2n) is 10.0. The van der Waals surface area contributed by atoms with E-state index in [1.165, 1.54) is 18.9 Å². The number of aromatic nitrogens is 4. The Bertz CT molecular complexity index is 1260. The van der Waals surface area contributed by atoms with E-state index in [-0.39, 0.29) is 11.1 Å². The number of aryl methyl sites for hydroxylation is 1. The molecule has 0 bridgehead atoms. The summed E-state index contributed by atoms with van der Waals surface area (Å²) >= 11 is 0. The van der Waals surface area contributed by atoms with Crippen molar-refractivity contribution in [1.82, 2.24) is 24.6 Å². The van der Waals surface area contributed by atoms with Crippen molar-refractivity contribution in [2.75, 3.05) is 11.9 Å². The Morgan fingerprint density at radius 2 is 2.00 bits per heavy atom. The van der Waals surface area contributed by atoms with E-state index in [0.29, 0.717) is 23.4 Å². The topological polar surface area (TPSA) is 75.9 Å². The third-order valence-electron chi connectivity index (χ3n) is 7.15. The smallest absolute Gasteiger partial charge is 0.259 e. The van der Waals surface area contributed by atoms with Crippen LogP contribution < -0.4 is 5.32 Å². The van der Waals surface area contributed by atoms with Gasteiger partial charge in [-0.2, -0.15) is 0 Å². The Hall–Kier alpha value is -3.13. The molecule has 1 fully saturated rings. The number of rotatable bonds is 4. The molecule has 1 aliphatic carbocycles. The normalized spacial score (nSPS) is 19.2. The zero-order valence-electron chi connectivity index (χ0n) is 18.9. The highest BCUT2D eigenvalue weighted by Gasteiger charge is 2.34. The van der Waals surface area contributed by atoms with E-state index in [1.54, 1.807) is 12.1 Å². The van der Waals surface area contributed by atoms with Crippen LogP contribution >= 0.6 is 0 Å². The molecule has 2 aromatic heterocycles. The number of pyridine rings is 1. The second kappa shape index (κ2) is 7.45. The third kappa shape index (κ3) is 3.62. The molecule has 6 rings (SSSR count). The molecular weight excluding hydrogens is 419 g/mol. The van der Waals surface area contributed by atoms with Crippen LogP contribution in [0.25, 0.3) is 11.5 Å². The zero-order valence-corrected chi connectivity index (χ0v) is 18.9. The summed E-state index contributed by atoms with van der Waals surface area (Å²) in [7, 11) is 0. The van der Waals surface area contributed by atoms with Crippen molar-refractivity contribution in [1.29, 1.82) is 0 Å². The molecule has 1 aromatic carbocycles. The van der Waals surface area contributed by atoms with Crippen LogP contribution in [0, 0.1) is 5.82 Å². The molecule has 8 heteroatoms. The van der Waals surface area contributed by atoms with Crippen molar-refractivity contribution in [3.05, 3.63) is 58.7 Å². The maximum Gasteiger partial charge on any atom is 0.259 e. The third-order valence-corrected chi connectivity index (χ3v) is 7.15. The van der Waals surface area contributed by atoms with E-state index >= 15 is 0 Å². The summed E-state index contributed by atoms with van der Waals surface area (Å²) in [6, 6.07) is 9.27. The number of nitrogens with zero attached hydrogens (tertiary/aromatic N) is 5. The van der Waals surface area contributed by atoms with E-state index in [2.05, 4.69) is 43.8 Å². The van der Waals surface area contributed by atoms with Gasteiger partial charge in [-0.1, -0.05) is 6.07 Å². The van der Waals surface area contributed by atoms with E-state index in [1.807, 2.05) is 12.1 Å². The molecule has 0 unspecified atom stereocenters. The van der Waals surface area contributed by atoms with Crippen LogP contribution in [0.2, 0.25) is 0 Å². The number of halogens is 1. The van der Waals surface area contributed by atoms with Crippen molar-refractivity contribution in [2.24, 2.45) is 0 Å². The van der Waals surface area contributed by atoms with Crippen LogP contribution in [0.3, 0.4) is 0 Å². The molecule has 1 amide bonds. The van der Waals surface area contributed by atoms with Crippen LogP contribution in [0.15, 0.2) is 30.3 Å². The molecule has 170 valence electrons. The standard InChI is InChI=1S/C25H27FN6O/c1-25(2)10-8-22-29-30-23(32(22)25)20-4-3-5-21(27-20)28-24(33)18-12-16-14-31(17-6-7-17)11-9-15(16)13-19(18)26/h3-5,12-13,17H,6-11,14H2,1-2H3,(H,27,28,33). The largest absolute Gasteiger partial charge is 0.306 e. The average molecular weight is 447 g/mol. The fourth-order valence-corrected chi connectivity index (χ4v) is 5.15. The Labute approximate surface area is 192 Å². The molecule has 2 aliphatic heterocycles. The number of hydrogen-bond acceptors (Lipinski definition) is 5. The van der Waals surface area contributed by atoms with Crippen LogP contribution in [0.1, 0.15) is 60.4 Å². The first-order chi connectivity index (χ1) is 15.9. The number of anilines is 1. The highest BCUT2D eigenvalue weighted by molar-refractivity contribution is 6.04. The molecule has 0 radical (unpaired) electrons. The Morgan fingerprint density at radius 1 is 1.15 bits per heavy atom. The molecule has 7 nitrogen and oxygen atoms in total. The number of carbonyl (C=O) groups excluding carboxylic acids is 1. The number of benzene rings is 1. The van der Waals surface area contributed by atoms with Crippen molar-refractivity contribution >= 4 is 11.7 Å². The van der Waals surface area contributed by atoms with Gasteiger partial charge in [-0.25, -0.2) is 9.37 Å². The molecular formula is C25H27FN6O. The van der Waals surface area contributed by atoms with Crippen molar-refractivity contribution < 1.29 is 9.18 Å². The van der Waals surface area contributed by atoms with Crippen LogP contribution in [0.5, 0.6) is 0 Å². The second-order valence-corrected chi connectivity index (χ2v) is 10.0. The monoisotopic (exact) mass is 446 g/mol. The van der Waals surface area contributed by atoms with Gasteiger partial charge >= 0.3 is 0 Å². The SMILES string of the molecule is CC1(C)CCc2nnc(-c3cccc(NC(=O)c4cc5c(cc4F)CCN(C4CC4)C5)n3)n21. The maximum atomic E-state index is 14.8.